The maximum absolute atomic E-state index is 13.5. The number of nitrogens with one attached hydrogen (secondary N) is 1. The van der Waals surface area contributed by atoms with Gasteiger partial charge in [-0.2, -0.15) is 0 Å². The summed E-state index contributed by atoms with van der Waals surface area (Å²) in [6.45, 7) is 5.80. The minimum atomic E-state index is -3.60. The second-order valence-corrected chi connectivity index (χ2v) is 11.7. The van der Waals surface area contributed by atoms with E-state index in [9.17, 15) is 18.0 Å². The van der Waals surface area contributed by atoms with Crippen molar-refractivity contribution in [1.82, 2.24) is 10.2 Å². The van der Waals surface area contributed by atoms with Crippen molar-refractivity contribution in [2.45, 2.75) is 58.7 Å². The largest absolute Gasteiger partial charge is 0.497 e. The van der Waals surface area contributed by atoms with Crippen molar-refractivity contribution in [3.8, 4) is 5.75 Å². The predicted molar refractivity (Wildman–Crippen MR) is 149 cm³/mol. The van der Waals surface area contributed by atoms with Crippen LogP contribution in [0.4, 0.5) is 5.69 Å². The molecule has 2 rings (SSSR count). The van der Waals surface area contributed by atoms with Gasteiger partial charge >= 0.3 is 0 Å². The zero-order valence-corrected chi connectivity index (χ0v) is 24.2. The van der Waals surface area contributed by atoms with Crippen LogP contribution in [0.2, 0.25) is 10.0 Å². The third-order valence-corrected chi connectivity index (χ3v) is 7.58. The number of methoxy groups -OCH3 is 1. The van der Waals surface area contributed by atoms with Gasteiger partial charge in [-0.3, -0.25) is 13.9 Å². The van der Waals surface area contributed by atoms with Gasteiger partial charge in [-0.15, -0.1) is 0 Å². The van der Waals surface area contributed by atoms with Gasteiger partial charge in [0.15, 0.2) is 0 Å². The quantitative estimate of drug-likeness (QED) is 0.369. The summed E-state index contributed by atoms with van der Waals surface area (Å²) in [4.78, 5) is 27.9. The zero-order chi connectivity index (χ0) is 27.8. The van der Waals surface area contributed by atoms with Crippen LogP contribution >= 0.6 is 23.2 Å². The lowest BCUT2D eigenvalue weighted by atomic mass is 10.1. The predicted octanol–water partition coefficient (Wildman–Crippen LogP) is 4.88. The van der Waals surface area contributed by atoms with E-state index in [1.54, 1.807) is 42.5 Å². The van der Waals surface area contributed by atoms with Gasteiger partial charge in [0.2, 0.25) is 21.8 Å². The van der Waals surface area contributed by atoms with Crippen LogP contribution in [0.5, 0.6) is 5.75 Å². The van der Waals surface area contributed by atoms with Crippen LogP contribution in [0.3, 0.4) is 0 Å². The van der Waals surface area contributed by atoms with Crippen molar-refractivity contribution in [3.63, 3.8) is 0 Å². The molecule has 0 aliphatic carbocycles. The van der Waals surface area contributed by atoms with E-state index in [-0.39, 0.29) is 43.8 Å². The fraction of sp³-hybridized carbons (Fsp3) is 0.462. The molecule has 0 aromatic heterocycles. The molecule has 1 atom stereocenters. The Kier molecular flexibility index (Phi) is 11.5. The highest BCUT2D eigenvalue weighted by Gasteiger charge is 2.29. The highest BCUT2D eigenvalue weighted by atomic mass is 35.5. The van der Waals surface area contributed by atoms with Crippen molar-refractivity contribution in [2.24, 2.45) is 0 Å². The van der Waals surface area contributed by atoms with Crippen LogP contribution < -0.4 is 14.4 Å². The molecule has 1 unspecified atom stereocenters. The number of hydrogen-bond acceptors (Lipinski definition) is 5. The molecule has 2 amide bonds. The molecule has 0 saturated heterocycles. The second-order valence-electron chi connectivity index (χ2n) is 9.00. The molecule has 0 spiro atoms. The van der Waals surface area contributed by atoms with Crippen molar-refractivity contribution in [1.29, 1.82) is 0 Å². The third kappa shape index (κ3) is 9.09. The highest BCUT2D eigenvalue weighted by molar-refractivity contribution is 7.92. The summed E-state index contributed by atoms with van der Waals surface area (Å²) in [6.07, 6.45) is 1.82. The first-order valence-corrected chi connectivity index (χ1v) is 14.6. The van der Waals surface area contributed by atoms with E-state index in [0.717, 1.165) is 11.8 Å². The van der Waals surface area contributed by atoms with E-state index >= 15 is 0 Å². The van der Waals surface area contributed by atoms with E-state index in [1.165, 1.54) is 16.3 Å². The molecule has 0 aliphatic rings. The maximum Gasteiger partial charge on any atom is 0.243 e. The van der Waals surface area contributed by atoms with E-state index in [1.807, 2.05) is 20.8 Å². The van der Waals surface area contributed by atoms with Gasteiger partial charge < -0.3 is 15.0 Å². The summed E-state index contributed by atoms with van der Waals surface area (Å²) in [5, 5.41) is 3.63. The first-order chi connectivity index (χ1) is 17.4. The third-order valence-electron chi connectivity index (χ3n) is 5.65. The molecule has 1 N–H and O–H groups in total. The standard InChI is InChI=1S/C26H35Cl2N3O5S/c1-6-24(26(33)29-18(2)3)30(17-19-12-13-22(27)23(28)15-19)25(32)11-8-14-31(37(5,34)35)20-9-7-10-21(16-20)36-4/h7,9-10,12-13,15-16,18,24H,6,8,11,14,17H2,1-5H3,(H,29,33). The molecule has 37 heavy (non-hydrogen) atoms. The van der Waals surface area contributed by atoms with Crippen molar-refractivity contribution in [3.05, 3.63) is 58.1 Å². The summed E-state index contributed by atoms with van der Waals surface area (Å²) in [5.74, 6) is 0.00737. The van der Waals surface area contributed by atoms with Crippen LogP contribution in [0.1, 0.15) is 45.6 Å². The van der Waals surface area contributed by atoms with E-state index in [2.05, 4.69) is 5.32 Å². The summed E-state index contributed by atoms with van der Waals surface area (Å²) in [5.41, 5.74) is 1.18. The number of carbonyl (C=O) groups excluding carboxylic acids is 2. The molecule has 11 heteroatoms. The molecule has 0 saturated carbocycles. The van der Waals surface area contributed by atoms with Crippen LogP contribution in [-0.2, 0) is 26.2 Å². The van der Waals surface area contributed by atoms with Crippen LogP contribution in [-0.4, -0.2) is 57.1 Å². The summed E-state index contributed by atoms with van der Waals surface area (Å²) >= 11 is 12.2. The Balaban J connectivity index is 2.25. The Morgan fingerprint density at radius 1 is 1.08 bits per heavy atom. The monoisotopic (exact) mass is 571 g/mol. The molecule has 0 radical (unpaired) electrons. The Bertz CT molecular complexity index is 1190. The molecule has 8 nitrogen and oxygen atoms in total. The lowest BCUT2D eigenvalue weighted by molar-refractivity contribution is -0.141. The highest BCUT2D eigenvalue weighted by Crippen LogP contribution is 2.26. The van der Waals surface area contributed by atoms with Crippen molar-refractivity contribution >= 4 is 50.7 Å². The number of benzene rings is 2. The minimum absolute atomic E-state index is 0.0444. The number of anilines is 1. The van der Waals surface area contributed by atoms with Gasteiger partial charge in [-0.25, -0.2) is 8.42 Å². The normalized spacial score (nSPS) is 12.2. The van der Waals surface area contributed by atoms with Crippen LogP contribution in [0.25, 0.3) is 0 Å². The number of ether oxygens (including phenoxy) is 1. The Morgan fingerprint density at radius 2 is 1.78 bits per heavy atom. The average Bonchev–Trinajstić information content (AvgIpc) is 2.82. The van der Waals surface area contributed by atoms with Gasteiger partial charge in [0.05, 0.1) is 29.1 Å². The summed E-state index contributed by atoms with van der Waals surface area (Å²) in [6, 6.07) is 11.0. The smallest absolute Gasteiger partial charge is 0.243 e. The van der Waals surface area contributed by atoms with Gasteiger partial charge in [0, 0.05) is 31.6 Å². The minimum Gasteiger partial charge on any atom is -0.497 e. The van der Waals surface area contributed by atoms with Crippen LogP contribution in [0.15, 0.2) is 42.5 Å². The molecule has 2 aromatic rings. The first kappa shape index (κ1) is 30.7. The maximum atomic E-state index is 13.5. The van der Waals surface area contributed by atoms with Crippen molar-refractivity contribution < 1.29 is 22.7 Å². The lowest BCUT2D eigenvalue weighted by Gasteiger charge is -2.31. The number of amides is 2. The van der Waals surface area contributed by atoms with Crippen LogP contribution in [0, 0.1) is 0 Å². The Hall–Kier alpha value is -2.49. The molecule has 0 fully saturated rings. The summed E-state index contributed by atoms with van der Waals surface area (Å²) in [7, 11) is -2.10. The number of halogens is 2. The molecule has 2 aromatic carbocycles. The molecule has 0 bridgehead atoms. The van der Waals surface area contributed by atoms with E-state index in [0.29, 0.717) is 27.9 Å². The first-order valence-electron chi connectivity index (χ1n) is 12.0. The zero-order valence-electron chi connectivity index (χ0n) is 21.8. The second kappa shape index (κ2) is 13.9. The van der Waals surface area contributed by atoms with Gasteiger partial charge in [0.1, 0.15) is 11.8 Å². The Labute approximate surface area is 229 Å². The average molecular weight is 573 g/mol. The molecule has 204 valence electrons. The number of sulfonamides is 1. The van der Waals surface area contributed by atoms with Gasteiger partial charge in [-0.1, -0.05) is 42.3 Å². The number of nitrogens with zero attached hydrogens (tertiary/aromatic N) is 2. The molecular weight excluding hydrogens is 537 g/mol. The fourth-order valence-electron chi connectivity index (χ4n) is 3.90. The number of hydrogen-bond donors (Lipinski definition) is 1. The number of carbonyl (C=O) groups is 2. The molecule has 0 heterocycles. The number of rotatable bonds is 13. The topological polar surface area (TPSA) is 96.0 Å². The summed E-state index contributed by atoms with van der Waals surface area (Å²) < 4.78 is 31.5. The molecular formula is C26H35Cl2N3O5S. The lowest BCUT2D eigenvalue weighted by Crippen LogP contribution is -2.50. The Morgan fingerprint density at radius 3 is 2.35 bits per heavy atom. The van der Waals surface area contributed by atoms with Gasteiger partial charge in [-0.05, 0) is 56.5 Å². The van der Waals surface area contributed by atoms with E-state index < -0.39 is 16.1 Å². The van der Waals surface area contributed by atoms with Crippen molar-refractivity contribution in [2.75, 3.05) is 24.2 Å². The fourth-order valence-corrected chi connectivity index (χ4v) is 5.18. The molecule has 0 aliphatic heterocycles. The SMILES string of the molecule is CCC(C(=O)NC(C)C)N(Cc1ccc(Cl)c(Cl)c1)C(=O)CCCN(c1cccc(OC)c1)S(C)(=O)=O. The van der Waals surface area contributed by atoms with Gasteiger partial charge in [0.25, 0.3) is 0 Å². The van der Waals surface area contributed by atoms with E-state index in [4.69, 9.17) is 27.9 Å².